The zero-order valence-corrected chi connectivity index (χ0v) is 25.2. The lowest BCUT2D eigenvalue weighted by molar-refractivity contribution is 0.0728. The number of aromatic nitrogens is 2. The van der Waals surface area contributed by atoms with E-state index in [1.54, 1.807) is 11.8 Å². The van der Waals surface area contributed by atoms with Gasteiger partial charge in [0.15, 0.2) is 5.82 Å². The summed E-state index contributed by atoms with van der Waals surface area (Å²) >= 11 is 0. The number of nitrogens with one attached hydrogen (secondary N) is 1. The van der Waals surface area contributed by atoms with Crippen molar-refractivity contribution in [3.05, 3.63) is 53.3 Å². The van der Waals surface area contributed by atoms with Gasteiger partial charge in [0, 0.05) is 55.5 Å². The smallest absolute Gasteiger partial charge is 0.319 e. The van der Waals surface area contributed by atoms with Gasteiger partial charge in [-0.2, -0.15) is 9.97 Å². The summed E-state index contributed by atoms with van der Waals surface area (Å²) in [5, 5.41) is 25.0. The Balaban J connectivity index is 1.42. The molecule has 0 aliphatic carbocycles. The number of rotatable bonds is 5. The number of halogens is 4. The fraction of sp³-hybridized carbons (Fsp3) is 0.412. The Kier molecular flexibility index (Phi) is 7.46. The highest BCUT2D eigenvalue weighted by atomic mass is 19.1. The zero-order valence-electron chi connectivity index (χ0n) is 25.2. The summed E-state index contributed by atoms with van der Waals surface area (Å²) in [7, 11) is 0. The van der Waals surface area contributed by atoms with E-state index in [9.17, 15) is 19.0 Å². The van der Waals surface area contributed by atoms with Crippen molar-refractivity contribution in [3.63, 3.8) is 0 Å². The van der Waals surface area contributed by atoms with E-state index in [1.165, 1.54) is 12.1 Å². The quantitative estimate of drug-likeness (QED) is 0.215. The molecule has 46 heavy (non-hydrogen) atoms. The molecule has 0 saturated carbocycles. The first-order valence-electron chi connectivity index (χ1n) is 15.3. The Labute approximate surface area is 263 Å². The SMILES string of the molecule is C#Cc1c(F)ccc2cc(O)cc(-c3c(F)cc4c(N5CCNCC(C)(O)C5)nc(OC[C@@]56CCCN5C[C@H](F)C6)nc4c3F)c12. The highest BCUT2D eigenvalue weighted by Crippen LogP contribution is 2.43. The third-order valence-electron chi connectivity index (χ3n) is 9.43. The maximum absolute atomic E-state index is 16.8. The predicted octanol–water partition coefficient (Wildman–Crippen LogP) is 4.67. The number of fused-ring (bicyclic) bond motifs is 3. The lowest BCUT2D eigenvalue weighted by Crippen LogP contribution is -2.44. The molecule has 1 aromatic heterocycles. The number of phenolic OH excluding ortho intramolecular Hbond substituents is 1. The van der Waals surface area contributed by atoms with Crippen molar-refractivity contribution in [1.82, 2.24) is 20.2 Å². The van der Waals surface area contributed by atoms with Crippen LogP contribution >= 0.6 is 0 Å². The van der Waals surface area contributed by atoms with Gasteiger partial charge in [-0.15, -0.1) is 6.42 Å². The van der Waals surface area contributed by atoms with Crippen molar-refractivity contribution in [3.8, 4) is 35.2 Å². The fourth-order valence-electron chi connectivity index (χ4n) is 7.42. The summed E-state index contributed by atoms with van der Waals surface area (Å²) in [4.78, 5) is 12.8. The van der Waals surface area contributed by atoms with Gasteiger partial charge in [0.1, 0.15) is 41.5 Å². The number of phenols is 1. The number of terminal acetylenes is 1. The Morgan fingerprint density at radius 3 is 2.78 bits per heavy atom. The number of aromatic hydroxyl groups is 1. The van der Waals surface area contributed by atoms with E-state index in [4.69, 9.17) is 11.2 Å². The highest BCUT2D eigenvalue weighted by molar-refractivity contribution is 6.04. The van der Waals surface area contributed by atoms with Gasteiger partial charge in [0.25, 0.3) is 0 Å². The van der Waals surface area contributed by atoms with Gasteiger partial charge >= 0.3 is 6.01 Å². The number of alkyl halides is 1. The van der Waals surface area contributed by atoms with E-state index in [-0.39, 0.29) is 63.5 Å². The van der Waals surface area contributed by atoms with Gasteiger partial charge < -0.3 is 25.2 Å². The number of nitrogens with zero attached hydrogens (tertiary/aromatic N) is 4. The first kappa shape index (κ1) is 30.5. The average Bonchev–Trinajstić information content (AvgIpc) is 3.46. The van der Waals surface area contributed by atoms with Crippen LogP contribution in [0.15, 0.2) is 30.3 Å². The van der Waals surface area contributed by atoms with Crippen molar-refractivity contribution in [2.24, 2.45) is 0 Å². The van der Waals surface area contributed by atoms with E-state index in [2.05, 4.69) is 26.1 Å². The number of aliphatic hydroxyl groups is 1. The largest absolute Gasteiger partial charge is 0.508 e. The van der Waals surface area contributed by atoms with E-state index in [0.717, 1.165) is 37.6 Å². The van der Waals surface area contributed by atoms with Gasteiger partial charge in [-0.1, -0.05) is 12.0 Å². The molecular formula is C34H33F4N5O3. The summed E-state index contributed by atoms with van der Waals surface area (Å²) in [6.45, 7) is 4.01. The first-order chi connectivity index (χ1) is 22.0. The minimum Gasteiger partial charge on any atom is -0.508 e. The number of hydrogen-bond acceptors (Lipinski definition) is 8. The van der Waals surface area contributed by atoms with Crippen molar-refractivity contribution < 1.29 is 32.5 Å². The molecule has 4 heterocycles. The molecule has 3 aliphatic heterocycles. The molecule has 3 N–H and O–H groups in total. The molecule has 3 aromatic carbocycles. The van der Waals surface area contributed by atoms with Gasteiger partial charge in [0.05, 0.1) is 22.3 Å². The summed E-state index contributed by atoms with van der Waals surface area (Å²) in [5.74, 6) is -0.736. The van der Waals surface area contributed by atoms with Crippen LogP contribution in [0.2, 0.25) is 0 Å². The molecule has 240 valence electrons. The Morgan fingerprint density at radius 1 is 1.15 bits per heavy atom. The molecule has 0 amide bonds. The van der Waals surface area contributed by atoms with E-state index in [1.807, 2.05) is 0 Å². The van der Waals surface area contributed by atoms with Crippen molar-refractivity contribution >= 4 is 27.5 Å². The number of benzene rings is 3. The fourth-order valence-corrected chi connectivity index (χ4v) is 7.42. The average molecular weight is 636 g/mol. The lowest BCUT2D eigenvalue weighted by atomic mass is 9.92. The van der Waals surface area contributed by atoms with Crippen molar-refractivity contribution in [1.29, 1.82) is 0 Å². The van der Waals surface area contributed by atoms with Crippen LogP contribution in [0.3, 0.4) is 0 Å². The normalized spacial score (nSPS) is 25.2. The third-order valence-corrected chi connectivity index (χ3v) is 9.43. The Bertz CT molecular complexity index is 1910. The highest BCUT2D eigenvalue weighted by Gasteiger charge is 2.49. The molecule has 1 unspecified atom stereocenters. The standard InChI is InChI=1S/C34H33F4N5O3/c1-3-22-25(36)6-5-19-11-21(44)12-23(27(19)22)28-26(37)13-24-30(29(28)38)40-32(41-31(24)42-10-8-39-16-33(2,45)17-42)46-18-34-7-4-9-43(34)15-20(35)14-34/h1,5-6,11-13,20,39,44-45H,4,7-10,14-18H2,2H3/t20-,33?,34+/m1/s1. The molecule has 3 atom stereocenters. The summed E-state index contributed by atoms with van der Waals surface area (Å²) in [6, 6.07) is 5.87. The molecule has 3 fully saturated rings. The lowest BCUT2D eigenvalue weighted by Gasteiger charge is -2.31. The van der Waals surface area contributed by atoms with Crippen LogP contribution in [0.25, 0.3) is 32.8 Å². The van der Waals surface area contributed by atoms with Crippen LogP contribution in [-0.2, 0) is 0 Å². The van der Waals surface area contributed by atoms with E-state index in [0.29, 0.717) is 32.6 Å². The topological polar surface area (TPSA) is 94.0 Å². The third kappa shape index (κ3) is 5.16. The predicted molar refractivity (Wildman–Crippen MR) is 166 cm³/mol. The van der Waals surface area contributed by atoms with Crippen LogP contribution in [0.4, 0.5) is 23.4 Å². The molecule has 3 saturated heterocycles. The molecule has 0 radical (unpaired) electrons. The number of hydrogen-bond donors (Lipinski definition) is 3. The molecule has 0 spiro atoms. The second-order valence-electron chi connectivity index (χ2n) is 12.9. The Hall–Kier alpha value is -4.18. The number of β-amino-alcohol motifs (C(OH)–C–C–N with tert-alkyl or cyclic N) is 1. The molecule has 8 nitrogen and oxygen atoms in total. The molecule has 4 aromatic rings. The van der Waals surface area contributed by atoms with Crippen LogP contribution in [-0.4, -0.2) is 88.3 Å². The second kappa shape index (κ2) is 11.3. The van der Waals surface area contributed by atoms with Crippen molar-refractivity contribution in [2.45, 2.75) is 43.5 Å². The van der Waals surface area contributed by atoms with Crippen LogP contribution in [0.1, 0.15) is 31.7 Å². The van der Waals surface area contributed by atoms with Gasteiger partial charge in [-0.3, -0.25) is 4.90 Å². The maximum Gasteiger partial charge on any atom is 0.319 e. The molecule has 3 aliphatic rings. The minimum atomic E-state index is -1.19. The summed E-state index contributed by atoms with van der Waals surface area (Å²) in [6.07, 6.45) is 6.56. The molecule has 0 bridgehead atoms. The maximum atomic E-state index is 16.8. The van der Waals surface area contributed by atoms with Crippen molar-refractivity contribution in [2.75, 3.05) is 50.8 Å². The Morgan fingerprint density at radius 2 is 1.98 bits per heavy atom. The molecule has 7 rings (SSSR count). The van der Waals surface area contributed by atoms with Gasteiger partial charge in [-0.25, -0.2) is 17.6 Å². The van der Waals surface area contributed by atoms with Gasteiger partial charge in [0.2, 0.25) is 0 Å². The summed E-state index contributed by atoms with van der Waals surface area (Å²) in [5.41, 5.74) is -2.92. The monoisotopic (exact) mass is 635 g/mol. The van der Waals surface area contributed by atoms with Crippen LogP contribution in [0.5, 0.6) is 11.8 Å². The molecular weight excluding hydrogens is 602 g/mol. The second-order valence-corrected chi connectivity index (χ2v) is 12.9. The van der Waals surface area contributed by atoms with Crippen LogP contribution in [0, 0.1) is 29.8 Å². The number of ether oxygens (including phenoxy) is 1. The zero-order chi connectivity index (χ0) is 32.4. The van der Waals surface area contributed by atoms with Crippen LogP contribution < -0.4 is 15.0 Å². The van der Waals surface area contributed by atoms with E-state index >= 15 is 8.78 Å². The minimum absolute atomic E-state index is 0.0296. The summed E-state index contributed by atoms with van der Waals surface area (Å²) < 4.78 is 68.4. The first-order valence-corrected chi connectivity index (χ1v) is 15.3. The van der Waals surface area contributed by atoms with Gasteiger partial charge in [-0.05, 0) is 56.0 Å². The van der Waals surface area contributed by atoms with E-state index < -0.39 is 40.3 Å². The number of anilines is 1. The molecule has 12 heteroatoms.